The Morgan fingerprint density at radius 2 is 1.41 bits per heavy atom. The summed E-state index contributed by atoms with van der Waals surface area (Å²) < 4.78 is 0. The first kappa shape index (κ1) is 17.0. The number of nitrogens with one attached hydrogen (secondary N) is 1. The summed E-state index contributed by atoms with van der Waals surface area (Å²) in [7, 11) is 0. The van der Waals surface area contributed by atoms with Crippen molar-refractivity contribution in [3.05, 3.63) is 0 Å². The molecule has 1 N–H and O–H groups in total. The molecule has 17 heavy (non-hydrogen) atoms. The Morgan fingerprint density at radius 1 is 0.824 bits per heavy atom. The fourth-order valence-electron chi connectivity index (χ4n) is 2.28. The summed E-state index contributed by atoms with van der Waals surface area (Å²) in [5, 5.41) is 3.65. The van der Waals surface area contributed by atoms with Crippen LogP contribution < -0.4 is 5.32 Å². The Labute approximate surface area is 110 Å². The Hall–Kier alpha value is -0.0400. The van der Waals surface area contributed by atoms with E-state index in [1.54, 1.807) is 0 Å². The predicted molar refractivity (Wildman–Crippen MR) is 79.5 cm³/mol. The van der Waals surface area contributed by atoms with Gasteiger partial charge in [0.15, 0.2) is 0 Å². The summed E-state index contributed by atoms with van der Waals surface area (Å²) in [5.74, 6) is 0.867. The van der Waals surface area contributed by atoms with Crippen LogP contribution in [0.4, 0.5) is 0 Å². The minimum absolute atomic E-state index is 0.699. The second kappa shape index (κ2) is 12.4. The third-order valence-corrected chi connectivity index (χ3v) is 3.73. The molecule has 2 unspecified atom stereocenters. The van der Waals surface area contributed by atoms with Crippen molar-refractivity contribution in [1.29, 1.82) is 0 Å². The van der Waals surface area contributed by atoms with Crippen molar-refractivity contribution in [2.75, 3.05) is 6.54 Å². The molecule has 0 aromatic carbocycles. The van der Waals surface area contributed by atoms with Gasteiger partial charge >= 0.3 is 0 Å². The maximum Gasteiger partial charge on any atom is 0.00412 e. The molecule has 0 aromatic heterocycles. The monoisotopic (exact) mass is 241 g/mol. The number of unbranched alkanes of at least 4 members (excludes halogenated alkanes) is 6. The largest absolute Gasteiger partial charge is 0.314 e. The quantitative estimate of drug-likeness (QED) is 0.466. The molecule has 0 fully saturated rings. The Balaban J connectivity index is 3.16. The van der Waals surface area contributed by atoms with E-state index in [1.165, 1.54) is 64.3 Å². The lowest BCUT2D eigenvalue weighted by molar-refractivity contribution is 0.408. The van der Waals surface area contributed by atoms with Crippen molar-refractivity contribution in [2.45, 2.75) is 91.5 Å². The molecule has 0 radical (unpaired) electrons. The van der Waals surface area contributed by atoms with Crippen molar-refractivity contribution in [3.63, 3.8) is 0 Å². The molecule has 0 saturated heterocycles. The minimum atomic E-state index is 0.699. The average Bonchev–Trinajstić information content (AvgIpc) is 2.32. The van der Waals surface area contributed by atoms with E-state index in [1.807, 2.05) is 0 Å². The molecule has 0 bridgehead atoms. The maximum absolute atomic E-state index is 3.65. The van der Waals surface area contributed by atoms with Crippen LogP contribution in [0.25, 0.3) is 0 Å². The number of hydrogen-bond acceptors (Lipinski definition) is 1. The molecule has 2 atom stereocenters. The lowest BCUT2D eigenvalue weighted by Gasteiger charge is -2.17. The molecule has 1 heteroatoms. The first-order valence-electron chi connectivity index (χ1n) is 7.94. The lowest BCUT2D eigenvalue weighted by Crippen LogP contribution is -2.28. The van der Waals surface area contributed by atoms with Crippen LogP contribution in [-0.2, 0) is 0 Å². The van der Waals surface area contributed by atoms with Gasteiger partial charge in [0.1, 0.15) is 0 Å². The van der Waals surface area contributed by atoms with Gasteiger partial charge in [-0.2, -0.15) is 0 Å². The zero-order valence-corrected chi connectivity index (χ0v) is 12.7. The van der Waals surface area contributed by atoms with E-state index in [-0.39, 0.29) is 0 Å². The van der Waals surface area contributed by atoms with Crippen LogP contribution in [0.15, 0.2) is 0 Å². The second-order valence-electron chi connectivity index (χ2n) is 5.73. The Bertz CT molecular complexity index is 144. The van der Waals surface area contributed by atoms with Gasteiger partial charge in [-0.15, -0.1) is 0 Å². The molecular formula is C16H35N. The summed E-state index contributed by atoms with van der Waals surface area (Å²) in [5.41, 5.74) is 0. The highest BCUT2D eigenvalue weighted by atomic mass is 14.9. The molecule has 0 heterocycles. The van der Waals surface area contributed by atoms with E-state index in [9.17, 15) is 0 Å². The van der Waals surface area contributed by atoms with Crippen molar-refractivity contribution in [2.24, 2.45) is 5.92 Å². The maximum atomic E-state index is 3.65. The second-order valence-corrected chi connectivity index (χ2v) is 5.73. The summed E-state index contributed by atoms with van der Waals surface area (Å²) in [6, 6.07) is 0.699. The Morgan fingerprint density at radius 3 is 2.00 bits per heavy atom. The summed E-state index contributed by atoms with van der Waals surface area (Å²) in [4.78, 5) is 0. The van der Waals surface area contributed by atoms with Gasteiger partial charge in [0.05, 0.1) is 0 Å². The smallest absolute Gasteiger partial charge is 0.00412 e. The van der Waals surface area contributed by atoms with E-state index in [0.29, 0.717) is 6.04 Å². The third kappa shape index (κ3) is 12.2. The van der Waals surface area contributed by atoms with E-state index < -0.39 is 0 Å². The van der Waals surface area contributed by atoms with Crippen molar-refractivity contribution in [3.8, 4) is 0 Å². The van der Waals surface area contributed by atoms with E-state index in [0.717, 1.165) is 5.92 Å². The van der Waals surface area contributed by atoms with E-state index >= 15 is 0 Å². The van der Waals surface area contributed by atoms with Crippen molar-refractivity contribution >= 4 is 0 Å². The normalized spacial score (nSPS) is 14.8. The van der Waals surface area contributed by atoms with Gasteiger partial charge in [0.2, 0.25) is 0 Å². The number of rotatable bonds is 12. The van der Waals surface area contributed by atoms with Gasteiger partial charge in [0.25, 0.3) is 0 Å². The average molecular weight is 241 g/mol. The standard InChI is InChI=1S/C16H35N/c1-5-7-8-9-10-11-12-13-17-16(4)14-15(3)6-2/h15-17H,5-14H2,1-4H3. The van der Waals surface area contributed by atoms with Crippen LogP contribution in [0.3, 0.4) is 0 Å². The molecular weight excluding hydrogens is 206 g/mol. The fraction of sp³-hybridized carbons (Fsp3) is 1.00. The zero-order chi connectivity index (χ0) is 12.9. The fourth-order valence-corrected chi connectivity index (χ4v) is 2.28. The summed E-state index contributed by atoms with van der Waals surface area (Å²) in [6.45, 7) is 10.5. The highest BCUT2D eigenvalue weighted by Crippen LogP contribution is 2.10. The van der Waals surface area contributed by atoms with Crippen LogP contribution in [0, 0.1) is 5.92 Å². The Kier molecular flexibility index (Phi) is 12.4. The molecule has 0 aliphatic carbocycles. The van der Waals surface area contributed by atoms with Crippen molar-refractivity contribution in [1.82, 2.24) is 5.32 Å². The van der Waals surface area contributed by atoms with Crippen LogP contribution >= 0.6 is 0 Å². The first-order chi connectivity index (χ1) is 8.20. The number of hydrogen-bond donors (Lipinski definition) is 1. The third-order valence-electron chi connectivity index (χ3n) is 3.73. The summed E-state index contributed by atoms with van der Waals surface area (Å²) in [6.07, 6.45) is 12.5. The van der Waals surface area contributed by atoms with Gasteiger partial charge in [-0.05, 0) is 32.2 Å². The first-order valence-corrected chi connectivity index (χ1v) is 7.94. The van der Waals surface area contributed by atoms with Gasteiger partial charge in [-0.1, -0.05) is 65.7 Å². The van der Waals surface area contributed by atoms with E-state index in [4.69, 9.17) is 0 Å². The van der Waals surface area contributed by atoms with Crippen LogP contribution in [0.2, 0.25) is 0 Å². The zero-order valence-electron chi connectivity index (χ0n) is 12.7. The van der Waals surface area contributed by atoms with Crippen LogP contribution in [-0.4, -0.2) is 12.6 Å². The molecule has 0 spiro atoms. The predicted octanol–water partition coefficient (Wildman–Crippen LogP) is 5.15. The minimum Gasteiger partial charge on any atom is -0.314 e. The molecule has 0 aliphatic heterocycles. The molecule has 0 aromatic rings. The molecule has 104 valence electrons. The van der Waals surface area contributed by atoms with Crippen LogP contribution in [0.1, 0.15) is 85.5 Å². The summed E-state index contributed by atoms with van der Waals surface area (Å²) >= 11 is 0. The molecule has 0 saturated carbocycles. The van der Waals surface area contributed by atoms with Gasteiger partial charge in [-0.25, -0.2) is 0 Å². The SMILES string of the molecule is CCCCCCCCCNC(C)CC(C)CC. The molecule has 0 aliphatic rings. The van der Waals surface area contributed by atoms with Gasteiger partial charge in [-0.3, -0.25) is 0 Å². The van der Waals surface area contributed by atoms with Crippen molar-refractivity contribution < 1.29 is 0 Å². The van der Waals surface area contributed by atoms with E-state index in [2.05, 4.69) is 33.0 Å². The highest BCUT2D eigenvalue weighted by Gasteiger charge is 2.05. The van der Waals surface area contributed by atoms with Crippen LogP contribution in [0.5, 0.6) is 0 Å². The topological polar surface area (TPSA) is 12.0 Å². The van der Waals surface area contributed by atoms with Gasteiger partial charge < -0.3 is 5.32 Å². The molecule has 1 nitrogen and oxygen atoms in total. The molecule has 0 amide bonds. The lowest BCUT2D eigenvalue weighted by atomic mass is 10.0. The highest BCUT2D eigenvalue weighted by molar-refractivity contribution is 4.64. The molecule has 0 rings (SSSR count). The van der Waals surface area contributed by atoms with Gasteiger partial charge in [0, 0.05) is 6.04 Å².